The lowest BCUT2D eigenvalue weighted by atomic mass is 10.1. The number of anilines is 1. The van der Waals surface area contributed by atoms with E-state index in [1.807, 2.05) is 25.1 Å². The number of nitro groups is 1. The van der Waals surface area contributed by atoms with Gasteiger partial charge in [0.25, 0.3) is 0 Å². The predicted octanol–water partition coefficient (Wildman–Crippen LogP) is 3.22. The third-order valence-electron chi connectivity index (χ3n) is 3.60. The molecule has 3 heterocycles. The summed E-state index contributed by atoms with van der Waals surface area (Å²) in [7, 11) is 0. The van der Waals surface area contributed by atoms with Crippen LogP contribution in [0, 0.1) is 17.0 Å². The van der Waals surface area contributed by atoms with E-state index in [9.17, 15) is 10.1 Å². The summed E-state index contributed by atoms with van der Waals surface area (Å²) in [6, 6.07) is 8.23. The maximum Gasteiger partial charge on any atom is 0.433 e. The van der Waals surface area contributed by atoms with Crippen molar-refractivity contribution >= 4 is 28.7 Å². The monoisotopic (exact) mass is 340 g/mol. The Hall–Kier alpha value is -3.62. The lowest BCUT2D eigenvalue weighted by Gasteiger charge is -2.08. The normalized spacial score (nSPS) is 12.8. The van der Waals surface area contributed by atoms with Gasteiger partial charge in [0.15, 0.2) is 17.3 Å². The summed E-state index contributed by atoms with van der Waals surface area (Å²) >= 11 is 0. The maximum absolute atomic E-state index is 10.6. The molecule has 2 aromatic heterocycles. The first-order valence-electron chi connectivity index (χ1n) is 7.34. The summed E-state index contributed by atoms with van der Waals surface area (Å²) in [4.78, 5) is 14.5. The number of furan rings is 1. The van der Waals surface area contributed by atoms with E-state index < -0.39 is 4.92 Å². The minimum atomic E-state index is -0.604. The fourth-order valence-electron chi connectivity index (χ4n) is 2.52. The van der Waals surface area contributed by atoms with Crippen LogP contribution in [0.15, 0.2) is 39.9 Å². The number of fused-ring (bicyclic) bond motifs is 2. The second-order valence-electron chi connectivity index (χ2n) is 5.34. The van der Waals surface area contributed by atoms with Crippen LogP contribution in [-0.4, -0.2) is 22.9 Å². The third-order valence-corrected chi connectivity index (χ3v) is 3.60. The predicted molar refractivity (Wildman–Crippen MR) is 89.2 cm³/mol. The molecule has 0 saturated heterocycles. The van der Waals surface area contributed by atoms with E-state index in [-0.39, 0.29) is 18.4 Å². The Morgan fingerprint density at radius 2 is 2.08 bits per heavy atom. The first-order chi connectivity index (χ1) is 12.1. The highest BCUT2D eigenvalue weighted by Crippen LogP contribution is 2.38. The van der Waals surface area contributed by atoms with E-state index in [4.69, 9.17) is 13.9 Å². The second kappa shape index (κ2) is 5.78. The fraction of sp³-hybridized carbons (Fsp3) is 0.125. The molecule has 0 bridgehead atoms. The van der Waals surface area contributed by atoms with Crippen LogP contribution in [-0.2, 0) is 0 Å². The lowest BCUT2D eigenvalue weighted by Crippen LogP contribution is -1.94. The van der Waals surface area contributed by atoms with E-state index in [0.717, 1.165) is 22.3 Å². The maximum atomic E-state index is 10.6. The summed E-state index contributed by atoms with van der Waals surface area (Å²) in [5.41, 5.74) is 5.18. The van der Waals surface area contributed by atoms with Gasteiger partial charge in [-0.25, -0.2) is 0 Å². The van der Waals surface area contributed by atoms with Crippen LogP contribution in [0.5, 0.6) is 11.5 Å². The molecule has 4 rings (SSSR count). The van der Waals surface area contributed by atoms with Gasteiger partial charge in [-0.3, -0.25) is 20.5 Å². The minimum Gasteiger partial charge on any atom is -0.454 e. The van der Waals surface area contributed by atoms with E-state index in [1.165, 1.54) is 18.3 Å². The number of ether oxygens (including phenoxy) is 2. The molecular weight excluding hydrogens is 328 g/mol. The standard InChI is InChI=1S/C16H12N4O5/c1-9-4-13(19-17-7-10-2-3-16(25-10)20(21)22)11-5-14-15(24-8-23-14)6-12(11)18-9/h2-7H,8H2,1H3,(H,18,19)/b17-7+. The summed E-state index contributed by atoms with van der Waals surface area (Å²) in [6.07, 6.45) is 1.36. The smallest absolute Gasteiger partial charge is 0.433 e. The Morgan fingerprint density at radius 1 is 1.28 bits per heavy atom. The van der Waals surface area contributed by atoms with Crippen molar-refractivity contribution in [3.8, 4) is 11.5 Å². The number of hydrazone groups is 1. The molecule has 0 fully saturated rings. The molecule has 25 heavy (non-hydrogen) atoms. The van der Waals surface area contributed by atoms with E-state index >= 15 is 0 Å². The number of benzene rings is 1. The number of pyridine rings is 1. The van der Waals surface area contributed by atoms with Gasteiger partial charge in [0.2, 0.25) is 6.79 Å². The molecule has 0 amide bonds. The van der Waals surface area contributed by atoms with Crippen molar-refractivity contribution in [3.05, 3.63) is 51.9 Å². The molecule has 0 radical (unpaired) electrons. The largest absolute Gasteiger partial charge is 0.454 e. The molecule has 3 aromatic rings. The van der Waals surface area contributed by atoms with Gasteiger partial charge in [0.1, 0.15) is 4.92 Å². The average molecular weight is 340 g/mol. The molecule has 0 atom stereocenters. The van der Waals surface area contributed by atoms with E-state index in [2.05, 4.69) is 15.5 Å². The molecule has 1 aromatic carbocycles. The van der Waals surface area contributed by atoms with Gasteiger partial charge < -0.3 is 13.9 Å². The van der Waals surface area contributed by atoms with Gasteiger partial charge in [-0.15, -0.1) is 0 Å². The molecule has 1 N–H and O–H groups in total. The summed E-state index contributed by atoms with van der Waals surface area (Å²) in [5, 5.41) is 15.5. The Labute approximate surface area is 141 Å². The minimum absolute atomic E-state index is 0.183. The van der Waals surface area contributed by atoms with Crippen molar-refractivity contribution in [1.29, 1.82) is 0 Å². The van der Waals surface area contributed by atoms with Crippen LogP contribution in [0.25, 0.3) is 10.9 Å². The Balaban J connectivity index is 1.64. The molecule has 1 aliphatic heterocycles. The van der Waals surface area contributed by atoms with Gasteiger partial charge in [-0.05, 0) is 25.1 Å². The van der Waals surface area contributed by atoms with Crippen molar-refractivity contribution in [2.45, 2.75) is 6.92 Å². The molecule has 9 heteroatoms. The summed E-state index contributed by atoms with van der Waals surface area (Å²) in [5.74, 6) is 1.24. The average Bonchev–Trinajstić information content (AvgIpc) is 3.21. The quantitative estimate of drug-likeness (QED) is 0.441. The zero-order valence-electron chi connectivity index (χ0n) is 13.1. The zero-order valence-corrected chi connectivity index (χ0v) is 13.1. The van der Waals surface area contributed by atoms with Crippen LogP contribution >= 0.6 is 0 Å². The number of nitrogens with zero attached hydrogens (tertiary/aromatic N) is 3. The van der Waals surface area contributed by atoms with Crippen LogP contribution in [0.4, 0.5) is 11.6 Å². The van der Waals surface area contributed by atoms with Crippen molar-refractivity contribution < 1.29 is 18.8 Å². The highest BCUT2D eigenvalue weighted by Gasteiger charge is 2.16. The second-order valence-corrected chi connectivity index (χ2v) is 5.34. The van der Waals surface area contributed by atoms with Gasteiger partial charge in [-0.2, -0.15) is 5.10 Å². The molecule has 0 aliphatic carbocycles. The number of hydrogen-bond donors (Lipinski definition) is 1. The fourth-order valence-corrected chi connectivity index (χ4v) is 2.52. The van der Waals surface area contributed by atoms with Crippen LogP contribution in [0.1, 0.15) is 11.5 Å². The van der Waals surface area contributed by atoms with Crippen LogP contribution in [0.2, 0.25) is 0 Å². The van der Waals surface area contributed by atoms with Crippen molar-refractivity contribution in [2.24, 2.45) is 5.10 Å². The zero-order chi connectivity index (χ0) is 17.4. The highest BCUT2D eigenvalue weighted by atomic mass is 16.7. The van der Waals surface area contributed by atoms with E-state index in [0.29, 0.717) is 11.5 Å². The van der Waals surface area contributed by atoms with Gasteiger partial charge in [-0.1, -0.05) is 0 Å². The number of aromatic nitrogens is 1. The van der Waals surface area contributed by atoms with Gasteiger partial charge in [0.05, 0.1) is 23.5 Å². The number of aryl methyl sites for hydroxylation is 1. The Kier molecular flexibility index (Phi) is 3.46. The first-order valence-corrected chi connectivity index (χ1v) is 7.34. The lowest BCUT2D eigenvalue weighted by molar-refractivity contribution is -0.402. The van der Waals surface area contributed by atoms with Crippen LogP contribution < -0.4 is 14.9 Å². The number of nitrogens with one attached hydrogen (secondary N) is 1. The number of hydrogen-bond acceptors (Lipinski definition) is 8. The third kappa shape index (κ3) is 2.82. The Morgan fingerprint density at radius 3 is 2.84 bits per heavy atom. The van der Waals surface area contributed by atoms with Crippen molar-refractivity contribution in [1.82, 2.24) is 4.98 Å². The highest BCUT2D eigenvalue weighted by molar-refractivity contribution is 5.94. The Bertz CT molecular complexity index is 1010. The molecule has 0 unspecified atom stereocenters. The molecule has 1 aliphatic rings. The summed E-state index contributed by atoms with van der Waals surface area (Å²) < 4.78 is 15.8. The topological polar surface area (TPSA) is 112 Å². The number of rotatable bonds is 4. The van der Waals surface area contributed by atoms with Gasteiger partial charge >= 0.3 is 5.88 Å². The molecule has 0 spiro atoms. The molecule has 126 valence electrons. The van der Waals surface area contributed by atoms with Crippen LogP contribution in [0.3, 0.4) is 0 Å². The first kappa shape index (κ1) is 14.9. The van der Waals surface area contributed by atoms with Crippen molar-refractivity contribution in [2.75, 3.05) is 12.2 Å². The SMILES string of the molecule is Cc1cc(N/N=C/c2ccc([N+](=O)[O-])o2)c2cc3c(cc2n1)OCO3. The van der Waals surface area contributed by atoms with Crippen molar-refractivity contribution in [3.63, 3.8) is 0 Å². The molecule has 0 saturated carbocycles. The molecule has 9 nitrogen and oxygen atoms in total. The molecular formula is C16H12N4O5. The summed E-state index contributed by atoms with van der Waals surface area (Å²) in [6.45, 7) is 2.05. The van der Waals surface area contributed by atoms with Gasteiger partial charge in [0, 0.05) is 17.1 Å². The van der Waals surface area contributed by atoms with E-state index in [1.54, 1.807) is 0 Å².